The number of hydrogen-bond donors (Lipinski definition) is 4. The van der Waals surface area contributed by atoms with E-state index in [4.69, 9.17) is 0 Å². The van der Waals surface area contributed by atoms with E-state index in [1.165, 1.54) is 0 Å². The molecule has 6 heteroatoms. The lowest BCUT2D eigenvalue weighted by Crippen LogP contribution is -1.63. The Morgan fingerprint density at radius 1 is 0.600 bits per heavy atom. The van der Waals surface area contributed by atoms with Crippen molar-refractivity contribution in [2.24, 2.45) is 0 Å². The molecule has 6 nitrogen and oxygen atoms in total. The lowest BCUT2D eigenvalue weighted by Gasteiger charge is -1.81. The standard InChI is InChI=1S/2C7H6N2.2H3N/c2*1-2-4-7-6(3-1)8-5-9-7;;/h2*1-5H,(H,8,9);2*1H3. The fourth-order valence-electron chi connectivity index (χ4n) is 1.76. The van der Waals surface area contributed by atoms with Crippen LogP contribution >= 0.6 is 0 Å². The van der Waals surface area contributed by atoms with Crippen molar-refractivity contribution in [3.8, 4) is 0 Å². The van der Waals surface area contributed by atoms with E-state index in [1.807, 2.05) is 48.5 Å². The zero-order valence-corrected chi connectivity index (χ0v) is 11.1. The van der Waals surface area contributed by atoms with Gasteiger partial charge in [0.05, 0.1) is 34.7 Å². The predicted molar refractivity (Wildman–Crippen MR) is 82.2 cm³/mol. The Hall–Kier alpha value is -2.70. The van der Waals surface area contributed by atoms with Crippen molar-refractivity contribution >= 4 is 22.1 Å². The maximum Gasteiger partial charge on any atom is 0.0931 e. The topological polar surface area (TPSA) is 127 Å². The second-order valence-electron chi connectivity index (χ2n) is 3.84. The number of aromatic amines is 2. The number of para-hydroxylation sites is 4. The first-order chi connectivity index (χ1) is 8.93. The van der Waals surface area contributed by atoms with Crippen LogP contribution in [0.2, 0.25) is 0 Å². The van der Waals surface area contributed by atoms with Crippen molar-refractivity contribution in [2.75, 3.05) is 0 Å². The lowest BCUT2D eigenvalue weighted by atomic mass is 10.3. The number of fused-ring (bicyclic) bond motifs is 2. The monoisotopic (exact) mass is 270 g/mol. The zero-order valence-electron chi connectivity index (χ0n) is 11.1. The Balaban J connectivity index is 0.000000182. The van der Waals surface area contributed by atoms with Gasteiger partial charge in [-0.25, -0.2) is 9.97 Å². The molecule has 0 aliphatic carbocycles. The summed E-state index contributed by atoms with van der Waals surface area (Å²) in [6.07, 6.45) is 3.40. The van der Waals surface area contributed by atoms with Crippen LogP contribution in [0.4, 0.5) is 0 Å². The summed E-state index contributed by atoms with van der Waals surface area (Å²) in [6, 6.07) is 15.9. The van der Waals surface area contributed by atoms with Gasteiger partial charge in [-0.05, 0) is 24.3 Å². The predicted octanol–water partition coefficient (Wildman–Crippen LogP) is 3.45. The summed E-state index contributed by atoms with van der Waals surface area (Å²) < 4.78 is 0. The molecular formula is C14H18N6. The molecule has 2 aromatic heterocycles. The van der Waals surface area contributed by atoms with Crippen molar-refractivity contribution in [3.05, 3.63) is 61.2 Å². The van der Waals surface area contributed by atoms with Crippen molar-refractivity contribution in [1.29, 1.82) is 0 Å². The van der Waals surface area contributed by atoms with E-state index >= 15 is 0 Å². The third-order valence-electron chi connectivity index (χ3n) is 2.66. The molecule has 2 heterocycles. The Morgan fingerprint density at radius 2 is 1.00 bits per heavy atom. The normalized spacial score (nSPS) is 9.20. The number of imidazole rings is 2. The highest BCUT2D eigenvalue weighted by Crippen LogP contribution is 2.06. The van der Waals surface area contributed by atoms with E-state index < -0.39 is 0 Å². The largest absolute Gasteiger partial charge is 0.345 e. The molecular weight excluding hydrogens is 252 g/mol. The van der Waals surface area contributed by atoms with Gasteiger partial charge in [0.25, 0.3) is 0 Å². The van der Waals surface area contributed by atoms with Crippen LogP contribution in [0.5, 0.6) is 0 Å². The molecule has 0 fully saturated rings. The third kappa shape index (κ3) is 3.19. The second kappa shape index (κ2) is 7.03. The fraction of sp³-hybridized carbons (Fsp3) is 0. The Bertz CT molecular complexity index is 632. The number of nitrogens with zero attached hydrogens (tertiary/aromatic N) is 2. The van der Waals surface area contributed by atoms with Gasteiger partial charge in [-0.1, -0.05) is 24.3 Å². The van der Waals surface area contributed by atoms with Crippen molar-refractivity contribution in [1.82, 2.24) is 32.2 Å². The molecule has 0 aliphatic heterocycles. The summed E-state index contributed by atoms with van der Waals surface area (Å²) in [7, 11) is 0. The molecule has 2 aromatic carbocycles. The molecule has 0 saturated carbocycles. The first-order valence-electron chi connectivity index (χ1n) is 5.70. The van der Waals surface area contributed by atoms with E-state index in [-0.39, 0.29) is 12.3 Å². The van der Waals surface area contributed by atoms with Crippen LogP contribution < -0.4 is 12.3 Å². The molecule has 4 aromatic rings. The van der Waals surface area contributed by atoms with Gasteiger partial charge in [0.2, 0.25) is 0 Å². The van der Waals surface area contributed by atoms with Crippen LogP contribution in [0, 0.1) is 0 Å². The molecule has 0 unspecified atom stereocenters. The van der Waals surface area contributed by atoms with Gasteiger partial charge in [0.1, 0.15) is 0 Å². The van der Waals surface area contributed by atoms with Gasteiger partial charge in [0.15, 0.2) is 0 Å². The van der Waals surface area contributed by atoms with E-state index in [0.717, 1.165) is 22.1 Å². The van der Waals surface area contributed by atoms with Crippen LogP contribution in [0.15, 0.2) is 61.2 Å². The van der Waals surface area contributed by atoms with Gasteiger partial charge in [0, 0.05) is 0 Å². The summed E-state index contributed by atoms with van der Waals surface area (Å²) in [6.45, 7) is 0. The van der Waals surface area contributed by atoms with E-state index in [9.17, 15) is 0 Å². The average molecular weight is 270 g/mol. The van der Waals surface area contributed by atoms with E-state index in [0.29, 0.717) is 0 Å². The maximum atomic E-state index is 4.06. The molecule has 0 radical (unpaired) electrons. The van der Waals surface area contributed by atoms with Gasteiger partial charge < -0.3 is 22.3 Å². The molecule has 0 saturated heterocycles. The van der Waals surface area contributed by atoms with Gasteiger partial charge >= 0.3 is 0 Å². The minimum atomic E-state index is 0. The smallest absolute Gasteiger partial charge is 0.0931 e. The number of nitrogens with one attached hydrogen (secondary N) is 2. The summed E-state index contributed by atoms with van der Waals surface area (Å²) >= 11 is 0. The third-order valence-corrected chi connectivity index (χ3v) is 2.66. The van der Waals surface area contributed by atoms with E-state index in [1.54, 1.807) is 12.7 Å². The highest BCUT2D eigenvalue weighted by molar-refractivity contribution is 5.74. The minimum Gasteiger partial charge on any atom is -0.345 e. The quantitative estimate of drug-likeness (QED) is 0.390. The highest BCUT2D eigenvalue weighted by atomic mass is 14.9. The van der Waals surface area contributed by atoms with Gasteiger partial charge in [-0.3, -0.25) is 0 Å². The summed E-state index contributed by atoms with van der Waals surface area (Å²) in [5.41, 5.74) is 4.24. The van der Waals surface area contributed by atoms with Crippen LogP contribution in [-0.4, -0.2) is 19.9 Å². The van der Waals surface area contributed by atoms with E-state index in [2.05, 4.69) is 19.9 Å². The molecule has 0 atom stereocenters. The highest BCUT2D eigenvalue weighted by Gasteiger charge is 1.89. The molecule has 0 aliphatic rings. The summed E-state index contributed by atoms with van der Waals surface area (Å²) in [5.74, 6) is 0. The van der Waals surface area contributed by atoms with Gasteiger partial charge in [-0.15, -0.1) is 0 Å². The van der Waals surface area contributed by atoms with Crippen LogP contribution in [-0.2, 0) is 0 Å². The first kappa shape index (κ1) is 15.4. The Labute approximate surface area is 116 Å². The zero-order chi connectivity index (χ0) is 12.2. The van der Waals surface area contributed by atoms with Crippen LogP contribution in [0.3, 0.4) is 0 Å². The van der Waals surface area contributed by atoms with Gasteiger partial charge in [-0.2, -0.15) is 0 Å². The maximum absolute atomic E-state index is 4.06. The van der Waals surface area contributed by atoms with Crippen molar-refractivity contribution in [2.45, 2.75) is 0 Å². The average Bonchev–Trinajstić information content (AvgIpc) is 3.08. The SMILES string of the molecule is N.N.c1ccc2[nH]cnc2c1.c1ccc2[nH]cnc2c1. The van der Waals surface area contributed by atoms with Crippen LogP contribution in [0.1, 0.15) is 0 Å². The number of aromatic nitrogens is 4. The molecule has 4 rings (SSSR count). The number of H-pyrrole nitrogens is 2. The Kier molecular flexibility index (Phi) is 5.40. The van der Waals surface area contributed by atoms with Crippen molar-refractivity contribution in [3.63, 3.8) is 0 Å². The number of hydrogen-bond acceptors (Lipinski definition) is 4. The molecule has 20 heavy (non-hydrogen) atoms. The minimum absolute atomic E-state index is 0. The molecule has 0 spiro atoms. The molecule has 104 valence electrons. The van der Waals surface area contributed by atoms with Crippen molar-refractivity contribution < 1.29 is 0 Å². The first-order valence-corrected chi connectivity index (χ1v) is 5.70. The summed E-state index contributed by atoms with van der Waals surface area (Å²) in [5, 5.41) is 0. The lowest BCUT2D eigenvalue weighted by molar-refractivity contribution is 1.34. The number of benzene rings is 2. The number of rotatable bonds is 0. The Morgan fingerprint density at radius 3 is 1.40 bits per heavy atom. The molecule has 0 amide bonds. The molecule has 8 N–H and O–H groups in total. The second-order valence-corrected chi connectivity index (χ2v) is 3.84. The fourth-order valence-corrected chi connectivity index (χ4v) is 1.76. The summed E-state index contributed by atoms with van der Waals surface area (Å²) in [4.78, 5) is 14.1. The van der Waals surface area contributed by atoms with Crippen LogP contribution in [0.25, 0.3) is 22.1 Å². The molecule has 0 bridgehead atoms.